The molecule has 2 heteroatoms. The largest absolute Gasteiger partial charge is 0.303 e. The number of hydrogen-bond acceptors (Lipinski definition) is 1. The molecule has 1 rings (SSSR count). The van der Waals surface area contributed by atoms with Crippen LogP contribution in [0.2, 0.25) is 0 Å². The van der Waals surface area contributed by atoms with Gasteiger partial charge in [0, 0.05) is 11.9 Å². The predicted octanol–water partition coefficient (Wildman–Crippen LogP) is 1.96. The Kier molecular flexibility index (Phi) is 2.99. The molecular formula is C8H16ClN. The molecule has 0 saturated carbocycles. The van der Waals surface area contributed by atoms with E-state index in [1.54, 1.807) is 0 Å². The van der Waals surface area contributed by atoms with Crippen molar-refractivity contribution in [3.8, 4) is 0 Å². The van der Waals surface area contributed by atoms with Crippen LogP contribution in [0, 0.1) is 5.92 Å². The van der Waals surface area contributed by atoms with Crippen LogP contribution in [-0.2, 0) is 0 Å². The standard InChI is InChI=1S/C8H16ClN/c1-3-10-5-4-8(9)7(2)6-10/h7-8H,3-6H2,1-2H3. The molecule has 0 aliphatic carbocycles. The highest BCUT2D eigenvalue weighted by molar-refractivity contribution is 6.20. The summed E-state index contributed by atoms with van der Waals surface area (Å²) in [4.78, 5) is 2.46. The monoisotopic (exact) mass is 161 g/mol. The molecule has 0 aromatic carbocycles. The summed E-state index contributed by atoms with van der Waals surface area (Å²) in [5.74, 6) is 0.676. The van der Waals surface area contributed by atoms with E-state index in [1.807, 2.05) is 0 Å². The fraction of sp³-hybridized carbons (Fsp3) is 1.00. The van der Waals surface area contributed by atoms with Gasteiger partial charge in [0.1, 0.15) is 0 Å². The maximum Gasteiger partial charge on any atom is 0.0386 e. The van der Waals surface area contributed by atoms with Crippen LogP contribution in [0.1, 0.15) is 20.3 Å². The van der Waals surface area contributed by atoms with E-state index >= 15 is 0 Å². The Morgan fingerprint density at radius 1 is 1.60 bits per heavy atom. The van der Waals surface area contributed by atoms with Crippen LogP contribution in [0.15, 0.2) is 0 Å². The minimum Gasteiger partial charge on any atom is -0.303 e. The topological polar surface area (TPSA) is 3.24 Å². The molecule has 1 aliphatic heterocycles. The summed E-state index contributed by atoms with van der Waals surface area (Å²) < 4.78 is 0. The van der Waals surface area contributed by atoms with Gasteiger partial charge >= 0.3 is 0 Å². The Morgan fingerprint density at radius 3 is 2.80 bits per heavy atom. The normalized spacial score (nSPS) is 36.3. The van der Waals surface area contributed by atoms with Crippen molar-refractivity contribution in [1.29, 1.82) is 0 Å². The van der Waals surface area contributed by atoms with Gasteiger partial charge in [0.05, 0.1) is 0 Å². The van der Waals surface area contributed by atoms with Crippen molar-refractivity contribution >= 4 is 11.6 Å². The number of piperidine rings is 1. The molecule has 1 fully saturated rings. The zero-order valence-electron chi connectivity index (χ0n) is 6.81. The number of rotatable bonds is 1. The zero-order valence-corrected chi connectivity index (χ0v) is 7.56. The van der Waals surface area contributed by atoms with Gasteiger partial charge in [-0.2, -0.15) is 0 Å². The van der Waals surface area contributed by atoms with Crippen molar-refractivity contribution in [3.63, 3.8) is 0 Å². The second-order valence-electron chi connectivity index (χ2n) is 3.18. The summed E-state index contributed by atoms with van der Waals surface area (Å²) in [6.45, 7) is 7.99. The van der Waals surface area contributed by atoms with Crippen molar-refractivity contribution in [3.05, 3.63) is 0 Å². The van der Waals surface area contributed by atoms with Crippen molar-refractivity contribution in [2.45, 2.75) is 25.6 Å². The molecule has 2 unspecified atom stereocenters. The third kappa shape index (κ3) is 1.86. The lowest BCUT2D eigenvalue weighted by Gasteiger charge is -2.33. The summed E-state index contributed by atoms with van der Waals surface area (Å²) >= 11 is 6.06. The Balaban J connectivity index is 2.33. The Morgan fingerprint density at radius 2 is 2.30 bits per heavy atom. The molecule has 0 bridgehead atoms. The molecule has 10 heavy (non-hydrogen) atoms. The fourth-order valence-corrected chi connectivity index (χ4v) is 1.67. The van der Waals surface area contributed by atoms with Crippen LogP contribution in [0.4, 0.5) is 0 Å². The summed E-state index contributed by atoms with van der Waals surface area (Å²) in [5, 5.41) is 0.419. The molecule has 0 aromatic heterocycles. The average molecular weight is 162 g/mol. The number of nitrogens with zero attached hydrogens (tertiary/aromatic N) is 1. The number of halogens is 1. The fourth-order valence-electron chi connectivity index (χ4n) is 1.49. The third-order valence-electron chi connectivity index (χ3n) is 2.33. The van der Waals surface area contributed by atoms with E-state index in [9.17, 15) is 0 Å². The number of likely N-dealkylation sites (tertiary alicyclic amines) is 1. The lowest BCUT2D eigenvalue weighted by atomic mass is 10.00. The highest BCUT2D eigenvalue weighted by atomic mass is 35.5. The molecular weight excluding hydrogens is 146 g/mol. The van der Waals surface area contributed by atoms with E-state index in [0.29, 0.717) is 11.3 Å². The first-order valence-corrected chi connectivity index (χ1v) is 4.54. The van der Waals surface area contributed by atoms with Crippen molar-refractivity contribution in [1.82, 2.24) is 4.90 Å². The molecule has 1 saturated heterocycles. The first-order valence-electron chi connectivity index (χ1n) is 4.10. The van der Waals surface area contributed by atoms with Crippen molar-refractivity contribution in [2.75, 3.05) is 19.6 Å². The average Bonchev–Trinajstić information content (AvgIpc) is 1.95. The van der Waals surface area contributed by atoms with E-state index in [0.717, 1.165) is 6.42 Å². The highest BCUT2D eigenvalue weighted by Gasteiger charge is 2.22. The van der Waals surface area contributed by atoms with Crippen LogP contribution >= 0.6 is 11.6 Å². The summed E-state index contributed by atoms with van der Waals surface area (Å²) in [7, 11) is 0. The van der Waals surface area contributed by atoms with Gasteiger partial charge < -0.3 is 4.90 Å². The Bertz CT molecular complexity index is 105. The Labute approximate surface area is 68.4 Å². The molecule has 0 N–H and O–H groups in total. The molecule has 0 aromatic rings. The molecule has 0 amide bonds. The van der Waals surface area contributed by atoms with Gasteiger partial charge in [0.25, 0.3) is 0 Å². The molecule has 60 valence electrons. The maximum atomic E-state index is 6.06. The van der Waals surface area contributed by atoms with E-state index in [4.69, 9.17) is 11.6 Å². The van der Waals surface area contributed by atoms with Gasteiger partial charge in [-0.05, 0) is 25.4 Å². The van der Waals surface area contributed by atoms with E-state index in [2.05, 4.69) is 18.7 Å². The van der Waals surface area contributed by atoms with Crippen LogP contribution in [0.5, 0.6) is 0 Å². The zero-order chi connectivity index (χ0) is 7.56. The van der Waals surface area contributed by atoms with Crippen LogP contribution in [0.3, 0.4) is 0 Å². The van der Waals surface area contributed by atoms with Crippen molar-refractivity contribution in [2.24, 2.45) is 5.92 Å². The molecule has 2 atom stereocenters. The molecule has 1 nitrogen and oxygen atoms in total. The van der Waals surface area contributed by atoms with Gasteiger partial charge in [0.2, 0.25) is 0 Å². The van der Waals surface area contributed by atoms with Gasteiger partial charge in [-0.1, -0.05) is 13.8 Å². The quantitative estimate of drug-likeness (QED) is 0.532. The highest BCUT2D eigenvalue weighted by Crippen LogP contribution is 2.20. The first kappa shape index (κ1) is 8.35. The van der Waals surface area contributed by atoms with Gasteiger partial charge in [-0.15, -0.1) is 11.6 Å². The smallest absolute Gasteiger partial charge is 0.0386 e. The van der Waals surface area contributed by atoms with E-state index < -0.39 is 0 Å². The second-order valence-corrected chi connectivity index (χ2v) is 3.74. The minimum absolute atomic E-state index is 0.419. The SMILES string of the molecule is CCN1CCC(Cl)C(C)C1. The maximum absolute atomic E-state index is 6.06. The molecule has 1 heterocycles. The predicted molar refractivity (Wildman–Crippen MR) is 45.5 cm³/mol. The summed E-state index contributed by atoms with van der Waals surface area (Å²) in [6, 6.07) is 0. The molecule has 1 aliphatic rings. The molecule has 0 radical (unpaired) electrons. The lowest BCUT2D eigenvalue weighted by Crippen LogP contribution is -2.39. The van der Waals surface area contributed by atoms with Gasteiger partial charge in [0.15, 0.2) is 0 Å². The number of alkyl halides is 1. The van der Waals surface area contributed by atoms with Gasteiger partial charge in [-0.3, -0.25) is 0 Å². The third-order valence-corrected chi connectivity index (χ3v) is 2.98. The van der Waals surface area contributed by atoms with Crippen LogP contribution in [0.25, 0.3) is 0 Å². The molecule has 0 spiro atoms. The van der Waals surface area contributed by atoms with E-state index in [-0.39, 0.29) is 0 Å². The Hall–Kier alpha value is 0.250. The van der Waals surface area contributed by atoms with Crippen LogP contribution < -0.4 is 0 Å². The minimum atomic E-state index is 0.419. The summed E-state index contributed by atoms with van der Waals surface area (Å²) in [5.41, 5.74) is 0. The number of hydrogen-bond donors (Lipinski definition) is 0. The van der Waals surface area contributed by atoms with Crippen LogP contribution in [-0.4, -0.2) is 29.9 Å². The van der Waals surface area contributed by atoms with Crippen molar-refractivity contribution < 1.29 is 0 Å². The van der Waals surface area contributed by atoms with E-state index in [1.165, 1.54) is 19.6 Å². The lowest BCUT2D eigenvalue weighted by molar-refractivity contribution is 0.196. The first-order chi connectivity index (χ1) is 4.74. The van der Waals surface area contributed by atoms with Gasteiger partial charge in [-0.25, -0.2) is 0 Å². The summed E-state index contributed by atoms with van der Waals surface area (Å²) in [6.07, 6.45) is 1.16. The second kappa shape index (κ2) is 3.59.